The van der Waals surface area contributed by atoms with Crippen molar-refractivity contribution < 1.29 is 9.47 Å². The SMILES string of the molecule is CC(N)CCN(C)c1ccc2c(c1)OCCO2. The molecule has 4 heteroatoms. The van der Waals surface area contributed by atoms with E-state index in [2.05, 4.69) is 18.0 Å². The van der Waals surface area contributed by atoms with Gasteiger partial charge in [-0.1, -0.05) is 0 Å². The number of nitrogens with zero attached hydrogens (tertiary/aromatic N) is 1. The fourth-order valence-corrected chi connectivity index (χ4v) is 1.80. The number of fused-ring (bicyclic) bond motifs is 1. The highest BCUT2D eigenvalue weighted by atomic mass is 16.6. The molecule has 0 fully saturated rings. The van der Waals surface area contributed by atoms with Crippen LogP contribution in [0.5, 0.6) is 11.5 Å². The lowest BCUT2D eigenvalue weighted by Crippen LogP contribution is -2.26. The fraction of sp³-hybridized carbons (Fsp3) is 0.538. The Morgan fingerprint density at radius 1 is 1.29 bits per heavy atom. The van der Waals surface area contributed by atoms with Crippen LogP contribution >= 0.6 is 0 Å². The van der Waals surface area contributed by atoms with Gasteiger partial charge in [0.15, 0.2) is 11.5 Å². The van der Waals surface area contributed by atoms with Gasteiger partial charge in [-0.25, -0.2) is 0 Å². The van der Waals surface area contributed by atoms with Gasteiger partial charge in [0.1, 0.15) is 13.2 Å². The number of ether oxygens (including phenoxy) is 2. The van der Waals surface area contributed by atoms with Gasteiger partial charge in [0.2, 0.25) is 0 Å². The lowest BCUT2D eigenvalue weighted by atomic mass is 10.2. The smallest absolute Gasteiger partial charge is 0.163 e. The van der Waals surface area contributed by atoms with Crippen LogP contribution in [-0.2, 0) is 0 Å². The zero-order chi connectivity index (χ0) is 12.3. The van der Waals surface area contributed by atoms with Crippen LogP contribution in [0.4, 0.5) is 5.69 Å². The molecular weight excluding hydrogens is 216 g/mol. The maximum Gasteiger partial charge on any atom is 0.163 e. The summed E-state index contributed by atoms with van der Waals surface area (Å²) in [4.78, 5) is 2.18. The molecule has 1 aromatic rings. The summed E-state index contributed by atoms with van der Waals surface area (Å²) in [6.07, 6.45) is 0.977. The summed E-state index contributed by atoms with van der Waals surface area (Å²) in [6, 6.07) is 6.27. The lowest BCUT2D eigenvalue weighted by molar-refractivity contribution is 0.171. The number of anilines is 1. The minimum atomic E-state index is 0.231. The van der Waals surface area contributed by atoms with Crippen molar-refractivity contribution >= 4 is 5.69 Å². The molecule has 0 aromatic heterocycles. The molecule has 2 N–H and O–H groups in total. The first kappa shape index (κ1) is 12.0. The molecule has 4 nitrogen and oxygen atoms in total. The number of benzene rings is 1. The molecule has 1 aliphatic rings. The third-order valence-corrected chi connectivity index (χ3v) is 2.89. The van der Waals surface area contributed by atoms with Crippen LogP contribution in [0.2, 0.25) is 0 Å². The standard InChI is InChI=1S/C13H20N2O2/c1-10(14)5-6-15(2)11-3-4-12-13(9-11)17-8-7-16-12/h3-4,9-10H,5-8,14H2,1-2H3. The summed E-state index contributed by atoms with van der Waals surface area (Å²) in [6.45, 7) is 4.22. The third kappa shape index (κ3) is 3.03. The first-order valence-electron chi connectivity index (χ1n) is 6.03. The van der Waals surface area contributed by atoms with Crippen LogP contribution in [0.15, 0.2) is 18.2 Å². The zero-order valence-corrected chi connectivity index (χ0v) is 10.5. The van der Waals surface area contributed by atoms with Gasteiger partial charge in [-0.05, 0) is 25.5 Å². The van der Waals surface area contributed by atoms with E-state index < -0.39 is 0 Å². The minimum Gasteiger partial charge on any atom is -0.486 e. The molecule has 1 heterocycles. The molecule has 1 aliphatic heterocycles. The van der Waals surface area contributed by atoms with Crippen molar-refractivity contribution in [1.29, 1.82) is 0 Å². The Labute approximate surface area is 102 Å². The van der Waals surface area contributed by atoms with Gasteiger partial charge in [-0.3, -0.25) is 0 Å². The van der Waals surface area contributed by atoms with Gasteiger partial charge in [0.05, 0.1) is 0 Å². The minimum absolute atomic E-state index is 0.231. The maximum absolute atomic E-state index is 5.76. The Balaban J connectivity index is 2.05. The van der Waals surface area contributed by atoms with Gasteiger partial charge in [-0.15, -0.1) is 0 Å². The Kier molecular flexibility index (Phi) is 3.74. The van der Waals surface area contributed by atoms with E-state index in [-0.39, 0.29) is 6.04 Å². The molecule has 0 spiro atoms. The van der Waals surface area contributed by atoms with Gasteiger partial charge < -0.3 is 20.1 Å². The van der Waals surface area contributed by atoms with Crippen molar-refractivity contribution in [2.75, 3.05) is 31.7 Å². The van der Waals surface area contributed by atoms with E-state index in [0.717, 1.165) is 30.2 Å². The molecule has 1 unspecified atom stereocenters. The van der Waals surface area contributed by atoms with E-state index >= 15 is 0 Å². The van der Waals surface area contributed by atoms with Crippen molar-refractivity contribution in [2.45, 2.75) is 19.4 Å². The molecule has 0 saturated heterocycles. The highest BCUT2D eigenvalue weighted by Crippen LogP contribution is 2.33. The van der Waals surface area contributed by atoms with E-state index in [9.17, 15) is 0 Å². The van der Waals surface area contributed by atoms with E-state index in [4.69, 9.17) is 15.2 Å². The molecular formula is C13H20N2O2. The molecule has 94 valence electrons. The Bertz CT molecular complexity index is 380. The normalized spacial score (nSPS) is 15.5. The second-order valence-corrected chi connectivity index (χ2v) is 4.52. The summed E-state index contributed by atoms with van der Waals surface area (Å²) >= 11 is 0. The van der Waals surface area contributed by atoms with Crippen molar-refractivity contribution in [3.05, 3.63) is 18.2 Å². The summed E-state index contributed by atoms with van der Waals surface area (Å²) in [5, 5.41) is 0. The summed E-state index contributed by atoms with van der Waals surface area (Å²) in [5.74, 6) is 1.67. The maximum atomic E-state index is 5.76. The molecule has 1 atom stereocenters. The average molecular weight is 236 g/mol. The van der Waals surface area contributed by atoms with Crippen LogP contribution in [0, 0.1) is 0 Å². The lowest BCUT2D eigenvalue weighted by Gasteiger charge is -2.24. The van der Waals surface area contributed by atoms with Gasteiger partial charge in [0.25, 0.3) is 0 Å². The molecule has 0 saturated carbocycles. The second-order valence-electron chi connectivity index (χ2n) is 4.52. The Hall–Kier alpha value is -1.42. The molecule has 0 radical (unpaired) electrons. The number of hydrogen-bond donors (Lipinski definition) is 1. The molecule has 2 rings (SSSR count). The van der Waals surface area contributed by atoms with Gasteiger partial charge in [0, 0.05) is 31.4 Å². The van der Waals surface area contributed by atoms with Crippen molar-refractivity contribution in [3.8, 4) is 11.5 Å². The predicted molar refractivity (Wildman–Crippen MR) is 69.0 cm³/mol. The molecule has 0 amide bonds. The predicted octanol–water partition coefficient (Wildman–Crippen LogP) is 1.63. The molecule has 0 bridgehead atoms. The van der Waals surface area contributed by atoms with Gasteiger partial charge in [-0.2, -0.15) is 0 Å². The van der Waals surface area contributed by atoms with Gasteiger partial charge >= 0.3 is 0 Å². The summed E-state index contributed by atoms with van der Waals surface area (Å²) in [5.41, 5.74) is 6.89. The topological polar surface area (TPSA) is 47.7 Å². The number of hydrogen-bond acceptors (Lipinski definition) is 4. The Morgan fingerprint density at radius 2 is 2.00 bits per heavy atom. The van der Waals surface area contributed by atoms with Crippen LogP contribution in [0.25, 0.3) is 0 Å². The number of rotatable bonds is 4. The van der Waals surface area contributed by atoms with E-state index in [1.807, 2.05) is 19.1 Å². The number of nitrogens with two attached hydrogens (primary N) is 1. The van der Waals surface area contributed by atoms with Crippen molar-refractivity contribution in [3.63, 3.8) is 0 Å². The highest BCUT2D eigenvalue weighted by Gasteiger charge is 2.13. The first-order valence-corrected chi connectivity index (χ1v) is 6.03. The highest BCUT2D eigenvalue weighted by molar-refractivity contribution is 5.56. The van der Waals surface area contributed by atoms with E-state index in [1.165, 1.54) is 0 Å². The van der Waals surface area contributed by atoms with Crippen LogP contribution in [0.1, 0.15) is 13.3 Å². The van der Waals surface area contributed by atoms with Crippen LogP contribution in [0.3, 0.4) is 0 Å². The zero-order valence-electron chi connectivity index (χ0n) is 10.5. The summed E-state index contributed by atoms with van der Waals surface area (Å²) < 4.78 is 11.1. The average Bonchev–Trinajstić information content (AvgIpc) is 2.35. The van der Waals surface area contributed by atoms with Crippen molar-refractivity contribution in [1.82, 2.24) is 0 Å². The van der Waals surface area contributed by atoms with E-state index in [0.29, 0.717) is 13.2 Å². The van der Waals surface area contributed by atoms with Crippen LogP contribution in [-0.4, -0.2) is 32.8 Å². The molecule has 0 aliphatic carbocycles. The molecule has 1 aromatic carbocycles. The van der Waals surface area contributed by atoms with E-state index in [1.54, 1.807) is 0 Å². The largest absolute Gasteiger partial charge is 0.486 e. The third-order valence-electron chi connectivity index (χ3n) is 2.89. The fourth-order valence-electron chi connectivity index (χ4n) is 1.80. The van der Waals surface area contributed by atoms with Crippen LogP contribution < -0.4 is 20.1 Å². The second kappa shape index (κ2) is 5.27. The first-order chi connectivity index (χ1) is 8.16. The monoisotopic (exact) mass is 236 g/mol. The van der Waals surface area contributed by atoms with Crippen molar-refractivity contribution in [2.24, 2.45) is 5.73 Å². The summed E-state index contributed by atoms with van der Waals surface area (Å²) in [7, 11) is 2.06. The Morgan fingerprint density at radius 3 is 2.71 bits per heavy atom. The molecule has 17 heavy (non-hydrogen) atoms. The quantitative estimate of drug-likeness (QED) is 0.863.